The van der Waals surface area contributed by atoms with Gasteiger partial charge < -0.3 is 24.2 Å². The third-order valence-corrected chi connectivity index (χ3v) is 11.2. The molecule has 0 unspecified atom stereocenters. The van der Waals surface area contributed by atoms with Gasteiger partial charge in [-0.05, 0) is 73.7 Å². The first-order chi connectivity index (χ1) is 26.9. The summed E-state index contributed by atoms with van der Waals surface area (Å²) in [6, 6.07) is 21.2. The van der Waals surface area contributed by atoms with Gasteiger partial charge in [0.05, 0.1) is 4.90 Å². The second-order valence-corrected chi connectivity index (χ2v) is 16.7. The molecule has 10 nitrogen and oxygen atoms in total. The Labute approximate surface area is 370 Å². The van der Waals surface area contributed by atoms with E-state index < -0.39 is 25.1 Å². The molecule has 4 rings (SSSR count). The zero-order valence-electron chi connectivity index (χ0n) is 33.5. The molecule has 0 heterocycles. The minimum Gasteiger partial charge on any atom is -0.872 e. The van der Waals surface area contributed by atoms with Crippen molar-refractivity contribution in [1.82, 2.24) is 0 Å². The molecule has 0 saturated heterocycles. The van der Waals surface area contributed by atoms with E-state index in [0.717, 1.165) is 32.1 Å². The summed E-state index contributed by atoms with van der Waals surface area (Å²) >= 11 is 0. The minimum absolute atomic E-state index is 0. The Hall–Kier alpha value is -2.84. The van der Waals surface area contributed by atoms with Crippen molar-refractivity contribution >= 4 is 58.0 Å². The van der Waals surface area contributed by atoms with Crippen LogP contribution in [0.1, 0.15) is 128 Å². The van der Waals surface area contributed by atoms with Crippen molar-refractivity contribution < 1.29 is 45.6 Å². The SMILES string of the molecule is CCCCCCCCCCc1c(O)cccc1Oc1ccccc1S(=O)(=O)O.CCCCCCCCCCc1c([O-])cccc1Oc1ccccc1S(=O)(=O)[O-].[Ca+2]. The predicted molar refractivity (Wildman–Crippen MR) is 223 cm³/mol. The molecule has 0 aliphatic heterocycles. The van der Waals surface area contributed by atoms with E-state index >= 15 is 0 Å². The summed E-state index contributed by atoms with van der Waals surface area (Å²) in [5.74, 6) is 0.686. The van der Waals surface area contributed by atoms with Crippen molar-refractivity contribution in [2.75, 3.05) is 0 Å². The van der Waals surface area contributed by atoms with Gasteiger partial charge in [0.25, 0.3) is 10.1 Å². The Kier molecular flexibility index (Phi) is 23.8. The van der Waals surface area contributed by atoms with Gasteiger partial charge in [0.2, 0.25) is 0 Å². The number of benzene rings is 4. The molecule has 308 valence electrons. The first kappa shape index (κ1) is 50.3. The number of hydrogen-bond acceptors (Lipinski definition) is 9. The van der Waals surface area contributed by atoms with Crippen molar-refractivity contribution in [3.8, 4) is 34.5 Å². The molecule has 0 radical (unpaired) electrons. The van der Waals surface area contributed by atoms with Crippen molar-refractivity contribution in [3.05, 3.63) is 96.1 Å². The number of para-hydroxylation sites is 2. The van der Waals surface area contributed by atoms with Crippen LogP contribution in [-0.2, 0) is 33.1 Å². The molecule has 13 heteroatoms. The van der Waals surface area contributed by atoms with Crippen LogP contribution < -0.4 is 14.6 Å². The van der Waals surface area contributed by atoms with Crippen LogP contribution >= 0.6 is 0 Å². The van der Waals surface area contributed by atoms with Crippen LogP contribution in [0.5, 0.6) is 34.5 Å². The van der Waals surface area contributed by atoms with E-state index in [1.54, 1.807) is 42.5 Å². The Morgan fingerprint density at radius 3 is 1.39 bits per heavy atom. The van der Waals surface area contributed by atoms with Gasteiger partial charge in [-0.15, -0.1) is 5.75 Å². The fourth-order valence-electron chi connectivity index (χ4n) is 6.39. The average Bonchev–Trinajstić information content (AvgIpc) is 3.15. The predicted octanol–water partition coefficient (Wildman–Crippen LogP) is 10.9. The van der Waals surface area contributed by atoms with Crippen LogP contribution in [0.3, 0.4) is 0 Å². The second kappa shape index (κ2) is 27.0. The van der Waals surface area contributed by atoms with Gasteiger partial charge in [0, 0.05) is 5.56 Å². The molecule has 0 saturated carbocycles. The topological polar surface area (TPSA) is 173 Å². The molecule has 0 fully saturated rings. The van der Waals surface area contributed by atoms with Crippen LogP contribution in [0.15, 0.2) is 94.7 Å². The first-order valence-electron chi connectivity index (χ1n) is 19.9. The molecule has 0 amide bonds. The maximum absolute atomic E-state index is 12.3. The maximum Gasteiger partial charge on any atom is 2.00 e. The number of phenols is 1. The molecular weight excluding hydrogens is 793 g/mol. The smallest absolute Gasteiger partial charge is 0.872 e. The zero-order chi connectivity index (χ0) is 40.8. The summed E-state index contributed by atoms with van der Waals surface area (Å²) in [5, 5.41) is 22.5. The van der Waals surface area contributed by atoms with E-state index in [4.69, 9.17) is 9.47 Å². The van der Waals surface area contributed by atoms with Gasteiger partial charge >= 0.3 is 37.7 Å². The number of hydrogen-bond donors (Lipinski definition) is 2. The van der Waals surface area contributed by atoms with Crippen molar-refractivity contribution in [1.29, 1.82) is 0 Å². The van der Waals surface area contributed by atoms with E-state index in [2.05, 4.69) is 13.8 Å². The molecule has 0 aliphatic carbocycles. The van der Waals surface area contributed by atoms with E-state index in [0.29, 0.717) is 35.5 Å². The fourth-order valence-corrected chi connectivity index (χ4v) is 7.60. The quantitative estimate of drug-likeness (QED) is 0.0392. The summed E-state index contributed by atoms with van der Waals surface area (Å²) in [7, 11) is -9.06. The van der Waals surface area contributed by atoms with E-state index in [1.165, 1.54) is 113 Å². The Morgan fingerprint density at radius 2 is 0.895 bits per heavy atom. The molecule has 0 aromatic heterocycles. The number of rotatable bonds is 24. The molecule has 2 N–H and O–H groups in total. The van der Waals surface area contributed by atoms with Crippen LogP contribution in [-0.4, -0.2) is 68.8 Å². The van der Waals surface area contributed by atoms with E-state index in [-0.39, 0.29) is 65.6 Å². The van der Waals surface area contributed by atoms with Crippen molar-refractivity contribution in [2.24, 2.45) is 0 Å². The molecule has 0 atom stereocenters. The molecule has 0 aliphatic rings. The van der Waals surface area contributed by atoms with Crippen LogP contribution in [0.25, 0.3) is 0 Å². The summed E-state index contributed by atoms with van der Waals surface area (Å²) in [5.41, 5.74) is 1.17. The van der Waals surface area contributed by atoms with E-state index in [9.17, 15) is 36.2 Å². The standard InChI is InChI=1S/2C22H30O5S.Ca/c2*1-2-3-4-5-6-7-8-9-13-18-19(23)14-12-16-20(18)27-21-15-10-11-17-22(21)28(24,25)26;/h2*10-12,14-17,23H,2-9,13H2,1H3,(H,24,25,26);/q;;+2/p-2. The Morgan fingerprint density at radius 1 is 0.509 bits per heavy atom. The van der Waals surface area contributed by atoms with Crippen LogP contribution in [0.2, 0.25) is 0 Å². The molecule has 0 spiro atoms. The number of unbranched alkanes of at least 4 members (excludes halogenated alkanes) is 14. The third kappa shape index (κ3) is 18.3. The minimum atomic E-state index is -4.66. The van der Waals surface area contributed by atoms with E-state index in [1.807, 2.05) is 0 Å². The monoisotopic (exact) mass is 850 g/mol. The van der Waals surface area contributed by atoms with Gasteiger partial charge in [0.15, 0.2) is 0 Å². The van der Waals surface area contributed by atoms with Gasteiger partial charge in [-0.25, -0.2) is 8.42 Å². The first-order valence-corrected chi connectivity index (χ1v) is 22.8. The summed E-state index contributed by atoms with van der Waals surface area (Å²) in [4.78, 5) is -0.722. The van der Waals surface area contributed by atoms with Crippen LogP contribution in [0.4, 0.5) is 0 Å². The van der Waals surface area contributed by atoms with Crippen molar-refractivity contribution in [3.63, 3.8) is 0 Å². The van der Waals surface area contributed by atoms with Gasteiger partial charge in [-0.3, -0.25) is 4.55 Å². The molecular formula is C44H58CaO10S2. The number of ether oxygens (including phenoxy) is 2. The summed E-state index contributed by atoms with van der Waals surface area (Å²) in [6.07, 6.45) is 20.0. The zero-order valence-corrected chi connectivity index (χ0v) is 37.3. The maximum atomic E-state index is 12.3. The normalized spacial score (nSPS) is 11.3. The Balaban J connectivity index is 0.000000387. The second-order valence-electron chi connectivity index (χ2n) is 14.0. The number of aromatic hydroxyl groups is 1. The molecule has 57 heavy (non-hydrogen) atoms. The van der Waals surface area contributed by atoms with Crippen LogP contribution in [0, 0.1) is 0 Å². The largest absolute Gasteiger partial charge is 2.00 e. The fraction of sp³-hybridized carbons (Fsp3) is 0.455. The molecule has 4 aromatic rings. The summed E-state index contributed by atoms with van der Waals surface area (Å²) < 4.78 is 78.3. The van der Waals surface area contributed by atoms with Crippen molar-refractivity contribution in [2.45, 2.75) is 139 Å². The molecule has 0 bridgehead atoms. The summed E-state index contributed by atoms with van der Waals surface area (Å²) in [6.45, 7) is 4.41. The van der Waals surface area contributed by atoms with Gasteiger partial charge in [-0.1, -0.05) is 146 Å². The third-order valence-electron chi connectivity index (χ3n) is 9.44. The molecule has 4 aromatic carbocycles. The number of phenolic OH excluding ortho intramolecular Hbond substituents is 1. The van der Waals surface area contributed by atoms with Gasteiger partial charge in [-0.2, -0.15) is 8.42 Å². The van der Waals surface area contributed by atoms with Gasteiger partial charge in [0.1, 0.15) is 43.8 Å². The average molecular weight is 851 g/mol. The Bertz CT molecular complexity index is 1840.